The fraction of sp³-hybridized carbons (Fsp3) is 0.150. The molecule has 138 valence electrons. The number of ketones is 1. The number of benzene rings is 2. The molecule has 0 atom stereocenters. The van der Waals surface area contributed by atoms with Gasteiger partial charge in [0.15, 0.2) is 5.78 Å². The number of Topliss-reactive ketones (excluding diaryl/α,β-unsaturated/α-hetero) is 1. The number of esters is 1. The summed E-state index contributed by atoms with van der Waals surface area (Å²) in [7, 11) is 0. The summed E-state index contributed by atoms with van der Waals surface area (Å²) in [6.45, 7) is 1.80. The van der Waals surface area contributed by atoms with Crippen molar-refractivity contribution < 1.29 is 19.1 Å². The molecule has 1 aromatic heterocycles. The Morgan fingerprint density at radius 3 is 2.37 bits per heavy atom. The number of ether oxygens (including phenoxy) is 2. The molecule has 0 N–H and O–H groups in total. The molecule has 2 aromatic carbocycles. The summed E-state index contributed by atoms with van der Waals surface area (Å²) in [5.41, 5.74) is 1.19. The zero-order chi connectivity index (χ0) is 19.2. The number of hydrogen-bond donors (Lipinski definition) is 0. The topological polar surface area (TPSA) is 65.5 Å². The van der Waals surface area contributed by atoms with E-state index in [-0.39, 0.29) is 12.2 Å². The van der Waals surface area contributed by atoms with Crippen molar-refractivity contribution in [2.75, 3.05) is 0 Å². The van der Waals surface area contributed by atoms with Crippen LogP contribution in [-0.2, 0) is 17.8 Å². The van der Waals surface area contributed by atoms with Crippen molar-refractivity contribution in [1.29, 1.82) is 0 Å². The maximum atomic E-state index is 12.1. The van der Waals surface area contributed by atoms with E-state index >= 15 is 0 Å². The van der Waals surface area contributed by atoms with E-state index in [1.165, 1.54) is 18.3 Å². The molecule has 0 radical (unpaired) electrons. The molecule has 0 saturated carbocycles. The van der Waals surface area contributed by atoms with Gasteiger partial charge >= 0.3 is 5.97 Å². The summed E-state index contributed by atoms with van der Waals surface area (Å²) in [6, 6.07) is 13.5. The second kappa shape index (κ2) is 8.79. The van der Waals surface area contributed by atoms with Crippen LogP contribution in [-0.4, -0.2) is 16.7 Å². The smallest absolute Gasteiger partial charge is 0.317 e. The molecule has 3 aromatic rings. The van der Waals surface area contributed by atoms with Gasteiger partial charge in [0, 0.05) is 16.0 Å². The van der Waals surface area contributed by atoms with Gasteiger partial charge in [0.1, 0.15) is 23.1 Å². The maximum Gasteiger partial charge on any atom is 0.317 e. The SMILES string of the molecule is CC(=O)c1ccc(OC(=O)Cc2csc(COc3ccc(Cl)cc3)n2)cc1. The van der Waals surface area contributed by atoms with E-state index in [1.807, 2.05) is 0 Å². The van der Waals surface area contributed by atoms with Crippen LogP contribution in [0.4, 0.5) is 0 Å². The summed E-state index contributed by atoms with van der Waals surface area (Å²) in [4.78, 5) is 27.7. The molecular formula is C20H16ClNO4S. The second-order valence-corrected chi connectivity index (χ2v) is 7.09. The van der Waals surface area contributed by atoms with Gasteiger partial charge in [0.25, 0.3) is 0 Å². The Bertz CT molecular complexity index is 935. The highest BCUT2D eigenvalue weighted by atomic mass is 35.5. The van der Waals surface area contributed by atoms with Crippen LogP contribution < -0.4 is 9.47 Å². The molecule has 0 aliphatic rings. The van der Waals surface area contributed by atoms with Crippen LogP contribution in [0.25, 0.3) is 0 Å². The summed E-state index contributed by atoms with van der Waals surface area (Å²) in [5.74, 6) is 0.640. The lowest BCUT2D eigenvalue weighted by molar-refractivity contribution is -0.133. The first-order chi connectivity index (χ1) is 13.0. The summed E-state index contributed by atoms with van der Waals surface area (Å²) in [5, 5.41) is 3.22. The first kappa shape index (κ1) is 19.1. The minimum absolute atomic E-state index is 0.0382. The van der Waals surface area contributed by atoms with E-state index in [9.17, 15) is 9.59 Å². The quantitative estimate of drug-likeness (QED) is 0.325. The third kappa shape index (κ3) is 5.64. The minimum atomic E-state index is -0.416. The number of aromatic nitrogens is 1. The molecule has 7 heteroatoms. The monoisotopic (exact) mass is 401 g/mol. The second-order valence-electron chi connectivity index (χ2n) is 5.71. The van der Waals surface area contributed by atoms with Gasteiger partial charge < -0.3 is 9.47 Å². The summed E-state index contributed by atoms with van der Waals surface area (Å²) < 4.78 is 10.9. The van der Waals surface area contributed by atoms with Gasteiger partial charge in [0.2, 0.25) is 0 Å². The van der Waals surface area contributed by atoms with E-state index in [0.717, 1.165) is 5.01 Å². The van der Waals surface area contributed by atoms with Crippen molar-refractivity contribution in [2.45, 2.75) is 20.0 Å². The molecule has 5 nitrogen and oxygen atoms in total. The number of rotatable bonds is 7. The largest absolute Gasteiger partial charge is 0.486 e. The number of carbonyl (C=O) groups excluding carboxylic acids is 2. The zero-order valence-electron chi connectivity index (χ0n) is 14.5. The average Bonchev–Trinajstić information content (AvgIpc) is 3.09. The van der Waals surface area contributed by atoms with Crippen LogP contribution >= 0.6 is 22.9 Å². The van der Waals surface area contributed by atoms with Gasteiger partial charge in [-0.3, -0.25) is 9.59 Å². The average molecular weight is 402 g/mol. The fourth-order valence-electron chi connectivity index (χ4n) is 2.25. The Kier molecular flexibility index (Phi) is 6.21. The molecule has 0 unspecified atom stereocenters. The minimum Gasteiger partial charge on any atom is -0.486 e. The molecular weight excluding hydrogens is 386 g/mol. The predicted octanol–water partition coefficient (Wildman–Crippen LogP) is 4.73. The molecule has 27 heavy (non-hydrogen) atoms. The Balaban J connectivity index is 1.51. The highest BCUT2D eigenvalue weighted by Gasteiger charge is 2.11. The Morgan fingerprint density at radius 2 is 1.70 bits per heavy atom. The van der Waals surface area contributed by atoms with Crippen LogP contribution in [0.5, 0.6) is 11.5 Å². The highest BCUT2D eigenvalue weighted by Crippen LogP contribution is 2.19. The lowest BCUT2D eigenvalue weighted by atomic mass is 10.1. The van der Waals surface area contributed by atoms with Gasteiger partial charge in [-0.15, -0.1) is 11.3 Å². The fourth-order valence-corrected chi connectivity index (χ4v) is 3.08. The standard InChI is InChI=1S/C20H16ClNO4S/c1-13(23)14-2-6-18(7-3-14)26-20(24)10-16-12-27-19(22-16)11-25-17-8-4-15(21)5-9-17/h2-9,12H,10-11H2,1H3. The van der Waals surface area contributed by atoms with Crippen LogP contribution in [0.15, 0.2) is 53.9 Å². The van der Waals surface area contributed by atoms with Gasteiger partial charge in [0.05, 0.1) is 12.1 Å². The molecule has 0 fully saturated rings. The van der Waals surface area contributed by atoms with Gasteiger partial charge in [-0.1, -0.05) is 11.6 Å². The van der Waals surface area contributed by atoms with E-state index in [4.69, 9.17) is 21.1 Å². The molecule has 0 bridgehead atoms. The highest BCUT2D eigenvalue weighted by molar-refractivity contribution is 7.09. The Labute approximate surface area is 165 Å². The Hall–Kier alpha value is -2.70. The molecule has 3 rings (SSSR count). The van der Waals surface area contributed by atoms with Crippen molar-refractivity contribution in [1.82, 2.24) is 4.98 Å². The number of halogens is 1. The van der Waals surface area contributed by atoms with Crippen molar-refractivity contribution in [2.24, 2.45) is 0 Å². The Morgan fingerprint density at radius 1 is 1.04 bits per heavy atom. The van der Waals surface area contributed by atoms with E-state index in [1.54, 1.807) is 53.9 Å². The van der Waals surface area contributed by atoms with Crippen LogP contribution in [0.2, 0.25) is 5.02 Å². The van der Waals surface area contributed by atoms with Gasteiger partial charge in [-0.05, 0) is 55.5 Å². The van der Waals surface area contributed by atoms with E-state index < -0.39 is 5.97 Å². The maximum absolute atomic E-state index is 12.1. The normalized spacial score (nSPS) is 10.4. The van der Waals surface area contributed by atoms with Crippen LogP contribution in [0.1, 0.15) is 28.0 Å². The molecule has 0 amide bonds. The lowest BCUT2D eigenvalue weighted by Gasteiger charge is -2.04. The van der Waals surface area contributed by atoms with Gasteiger partial charge in [-0.25, -0.2) is 4.98 Å². The molecule has 0 aliphatic carbocycles. The molecule has 0 saturated heterocycles. The van der Waals surface area contributed by atoms with Crippen LogP contribution in [0.3, 0.4) is 0 Å². The number of hydrogen-bond acceptors (Lipinski definition) is 6. The zero-order valence-corrected chi connectivity index (χ0v) is 16.0. The molecule has 1 heterocycles. The van der Waals surface area contributed by atoms with Crippen molar-refractivity contribution in [3.63, 3.8) is 0 Å². The number of carbonyl (C=O) groups is 2. The van der Waals surface area contributed by atoms with Crippen molar-refractivity contribution in [3.8, 4) is 11.5 Å². The van der Waals surface area contributed by atoms with Gasteiger partial charge in [-0.2, -0.15) is 0 Å². The third-order valence-electron chi connectivity index (χ3n) is 3.59. The van der Waals surface area contributed by atoms with Crippen LogP contribution in [0, 0.1) is 0 Å². The van der Waals surface area contributed by atoms with E-state index in [2.05, 4.69) is 4.98 Å². The summed E-state index contributed by atoms with van der Waals surface area (Å²) >= 11 is 7.25. The van der Waals surface area contributed by atoms with E-state index in [0.29, 0.717) is 34.4 Å². The number of thiazole rings is 1. The van der Waals surface area contributed by atoms with Crippen molar-refractivity contribution in [3.05, 3.63) is 75.2 Å². The van der Waals surface area contributed by atoms with Crippen molar-refractivity contribution >= 4 is 34.7 Å². The first-order valence-corrected chi connectivity index (χ1v) is 9.39. The third-order valence-corrected chi connectivity index (χ3v) is 4.72. The summed E-state index contributed by atoms with van der Waals surface area (Å²) in [6.07, 6.45) is 0.0614. The molecule has 0 spiro atoms. The number of nitrogens with zero attached hydrogens (tertiary/aromatic N) is 1. The first-order valence-electron chi connectivity index (χ1n) is 8.13. The molecule has 0 aliphatic heterocycles. The predicted molar refractivity (Wildman–Crippen MR) is 104 cm³/mol. The lowest BCUT2D eigenvalue weighted by Crippen LogP contribution is -2.11.